The van der Waals surface area contributed by atoms with Gasteiger partial charge in [-0.3, -0.25) is 0 Å². The first-order valence-corrected chi connectivity index (χ1v) is 7.11. The average molecular weight is 271 g/mol. The van der Waals surface area contributed by atoms with Crippen LogP contribution in [0.5, 0.6) is 0 Å². The van der Waals surface area contributed by atoms with Gasteiger partial charge >= 0.3 is 0 Å². The molecule has 1 radical (unpaired) electrons. The Labute approximate surface area is 119 Å². The third-order valence-corrected chi connectivity index (χ3v) is 3.35. The molecule has 0 amide bonds. The first-order valence-electron chi connectivity index (χ1n) is 7.11. The molecule has 3 nitrogen and oxygen atoms in total. The van der Waals surface area contributed by atoms with Crippen molar-refractivity contribution in [3.8, 4) is 0 Å². The van der Waals surface area contributed by atoms with Crippen LogP contribution in [-0.2, 0) is 14.2 Å². The molecule has 0 N–H and O–H groups in total. The lowest BCUT2D eigenvalue weighted by atomic mass is 9.99. The molecular formula is C17H19O3. The zero-order chi connectivity index (χ0) is 13.8. The standard InChI is InChI=1S/C17H19O3/c1-2-10-19-17-16(18-11-12-20-17)15-9-5-7-13-6-3-4-8-14(13)15/h3-9,17H,2,10-12H2,1H3. The topological polar surface area (TPSA) is 27.7 Å². The molecule has 105 valence electrons. The highest BCUT2D eigenvalue weighted by molar-refractivity contribution is 5.87. The Morgan fingerprint density at radius 3 is 2.85 bits per heavy atom. The van der Waals surface area contributed by atoms with Gasteiger partial charge in [-0.1, -0.05) is 49.4 Å². The molecule has 1 atom stereocenters. The van der Waals surface area contributed by atoms with Crippen molar-refractivity contribution in [2.24, 2.45) is 0 Å². The van der Waals surface area contributed by atoms with Crippen molar-refractivity contribution >= 4 is 10.8 Å². The second-order valence-corrected chi connectivity index (χ2v) is 4.81. The smallest absolute Gasteiger partial charge is 0.194 e. The van der Waals surface area contributed by atoms with E-state index >= 15 is 0 Å². The molecule has 0 spiro atoms. The van der Waals surface area contributed by atoms with Gasteiger partial charge in [-0.2, -0.15) is 0 Å². The van der Waals surface area contributed by atoms with Crippen LogP contribution in [0, 0.1) is 6.10 Å². The Kier molecular flexibility index (Phi) is 4.31. The molecular weight excluding hydrogens is 252 g/mol. The predicted molar refractivity (Wildman–Crippen MR) is 78.2 cm³/mol. The van der Waals surface area contributed by atoms with Gasteiger partial charge in [-0.15, -0.1) is 0 Å². The fourth-order valence-electron chi connectivity index (χ4n) is 2.44. The number of hydrogen-bond acceptors (Lipinski definition) is 3. The third kappa shape index (κ3) is 2.70. The quantitative estimate of drug-likeness (QED) is 0.851. The van der Waals surface area contributed by atoms with Crippen molar-refractivity contribution in [1.82, 2.24) is 0 Å². The largest absolute Gasteiger partial charge is 0.359 e. The molecule has 1 heterocycles. The maximum Gasteiger partial charge on any atom is 0.194 e. The Morgan fingerprint density at radius 2 is 1.95 bits per heavy atom. The summed E-state index contributed by atoms with van der Waals surface area (Å²) < 4.78 is 17.3. The van der Waals surface area contributed by atoms with Crippen LogP contribution in [0.2, 0.25) is 0 Å². The highest BCUT2D eigenvalue weighted by Crippen LogP contribution is 2.31. The third-order valence-electron chi connectivity index (χ3n) is 3.35. The molecule has 1 fully saturated rings. The van der Waals surface area contributed by atoms with Gasteiger partial charge in [0.2, 0.25) is 0 Å². The fraction of sp³-hybridized carbons (Fsp3) is 0.353. The van der Waals surface area contributed by atoms with E-state index in [9.17, 15) is 0 Å². The number of fused-ring (bicyclic) bond motifs is 1. The molecule has 0 saturated carbocycles. The van der Waals surface area contributed by atoms with E-state index in [1.165, 1.54) is 10.8 Å². The summed E-state index contributed by atoms with van der Waals surface area (Å²) in [5.74, 6) is 0. The summed E-state index contributed by atoms with van der Waals surface area (Å²) >= 11 is 0. The molecule has 1 saturated heterocycles. The van der Waals surface area contributed by atoms with E-state index in [0.717, 1.165) is 18.1 Å². The van der Waals surface area contributed by atoms with E-state index < -0.39 is 6.29 Å². The summed E-state index contributed by atoms with van der Waals surface area (Å²) in [4.78, 5) is 0. The normalized spacial score (nSPS) is 20.4. The molecule has 0 aliphatic carbocycles. The minimum Gasteiger partial charge on any atom is -0.359 e. The van der Waals surface area contributed by atoms with Crippen LogP contribution in [0.25, 0.3) is 10.8 Å². The van der Waals surface area contributed by atoms with Crippen LogP contribution in [-0.4, -0.2) is 26.1 Å². The maximum absolute atomic E-state index is 5.85. The monoisotopic (exact) mass is 271 g/mol. The van der Waals surface area contributed by atoms with Crippen molar-refractivity contribution in [3.63, 3.8) is 0 Å². The van der Waals surface area contributed by atoms with Gasteiger partial charge in [0.15, 0.2) is 12.4 Å². The summed E-state index contributed by atoms with van der Waals surface area (Å²) in [6.07, 6.45) is 1.36. The molecule has 1 aliphatic heterocycles. The van der Waals surface area contributed by atoms with Gasteiger partial charge in [0.25, 0.3) is 0 Å². The van der Waals surface area contributed by atoms with Gasteiger partial charge < -0.3 is 14.2 Å². The molecule has 3 heteroatoms. The molecule has 20 heavy (non-hydrogen) atoms. The second-order valence-electron chi connectivity index (χ2n) is 4.81. The summed E-state index contributed by atoms with van der Waals surface area (Å²) in [6, 6.07) is 14.5. The summed E-state index contributed by atoms with van der Waals surface area (Å²) in [7, 11) is 0. The van der Waals surface area contributed by atoms with Gasteiger partial charge in [0, 0.05) is 12.2 Å². The molecule has 1 unspecified atom stereocenters. The van der Waals surface area contributed by atoms with Crippen LogP contribution in [0.4, 0.5) is 0 Å². The fourth-order valence-corrected chi connectivity index (χ4v) is 2.44. The first-order chi connectivity index (χ1) is 9.90. The molecule has 0 aromatic heterocycles. The van der Waals surface area contributed by atoms with Crippen LogP contribution in [0.15, 0.2) is 42.5 Å². The molecule has 1 aliphatic rings. The Morgan fingerprint density at radius 1 is 1.10 bits per heavy atom. The lowest BCUT2D eigenvalue weighted by Crippen LogP contribution is -2.35. The van der Waals surface area contributed by atoms with Crippen molar-refractivity contribution in [2.45, 2.75) is 19.6 Å². The SMILES string of the molecule is CCCOC1OCCO[C]1c1cccc2ccccc12. The van der Waals surface area contributed by atoms with Gasteiger partial charge in [-0.05, 0) is 17.2 Å². The van der Waals surface area contributed by atoms with Crippen LogP contribution < -0.4 is 0 Å². The lowest BCUT2D eigenvalue weighted by Gasteiger charge is -2.31. The van der Waals surface area contributed by atoms with E-state index in [4.69, 9.17) is 14.2 Å². The van der Waals surface area contributed by atoms with E-state index in [1.807, 2.05) is 18.2 Å². The molecule has 0 bridgehead atoms. The Bertz CT molecular complexity index is 562. The zero-order valence-electron chi connectivity index (χ0n) is 11.7. The van der Waals surface area contributed by atoms with Crippen LogP contribution in [0.3, 0.4) is 0 Å². The van der Waals surface area contributed by atoms with E-state index in [1.54, 1.807) is 0 Å². The summed E-state index contributed by atoms with van der Waals surface area (Å²) in [5.41, 5.74) is 1.06. The highest BCUT2D eigenvalue weighted by Gasteiger charge is 2.31. The van der Waals surface area contributed by atoms with Gasteiger partial charge in [0.1, 0.15) is 0 Å². The van der Waals surface area contributed by atoms with Crippen molar-refractivity contribution in [1.29, 1.82) is 0 Å². The number of benzene rings is 2. The van der Waals surface area contributed by atoms with E-state index in [0.29, 0.717) is 19.8 Å². The highest BCUT2D eigenvalue weighted by atomic mass is 16.7. The van der Waals surface area contributed by atoms with Gasteiger partial charge in [-0.25, -0.2) is 0 Å². The second kappa shape index (κ2) is 6.35. The van der Waals surface area contributed by atoms with Crippen molar-refractivity contribution in [2.75, 3.05) is 19.8 Å². The first kappa shape index (κ1) is 13.6. The minimum atomic E-state index is -0.394. The van der Waals surface area contributed by atoms with Gasteiger partial charge in [0.05, 0.1) is 13.2 Å². The Balaban J connectivity index is 1.95. The maximum atomic E-state index is 5.85. The number of rotatable bonds is 4. The summed E-state index contributed by atoms with van der Waals surface area (Å²) in [6.45, 7) is 3.90. The lowest BCUT2D eigenvalue weighted by molar-refractivity contribution is -0.198. The van der Waals surface area contributed by atoms with Crippen molar-refractivity contribution < 1.29 is 14.2 Å². The van der Waals surface area contributed by atoms with E-state index in [2.05, 4.69) is 31.2 Å². The van der Waals surface area contributed by atoms with Crippen molar-refractivity contribution in [3.05, 3.63) is 54.1 Å². The van der Waals surface area contributed by atoms with E-state index in [-0.39, 0.29) is 0 Å². The molecule has 2 aromatic carbocycles. The molecule has 3 rings (SSSR count). The molecule has 2 aromatic rings. The zero-order valence-corrected chi connectivity index (χ0v) is 11.7. The predicted octanol–water partition coefficient (Wildman–Crippen LogP) is 3.52. The number of hydrogen-bond donors (Lipinski definition) is 0. The Hall–Kier alpha value is -1.42. The number of ether oxygens (including phenoxy) is 3. The average Bonchev–Trinajstić information content (AvgIpc) is 2.53. The van der Waals surface area contributed by atoms with Crippen LogP contribution in [0.1, 0.15) is 18.9 Å². The minimum absolute atomic E-state index is 0.394. The van der Waals surface area contributed by atoms with Crippen LogP contribution >= 0.6 is 0 Å². The summed E-state index contributed by atoms with van der Waals surface area (Å²) in [5, 5.41) is 2.36.